The third-order valence-corrected chi connectivity index (χ3v) is 5.29. The number of rotatable bonds is 11. The first-order valence-corrected chi connectivity index (χ1v) is 11.0. The second kappa shape index (κ2) is 11.1. The standard InChI is InChI=1S/C26H27N3O3/c30-23(27-26(22-15-9-19-31-22)21-13-5-2-6-14-21)17-18-25-29-28-24(32-25)16-8-7-12-20-10-3-1-4-11-20/h1-6,9-11,13-15,19,26H,7-8,12,16-18H2,(H,27,30). The quantitative estimate of drug-likeness (QED) is 0.337. The van der Waals surface area contributed by atoms with Crippen molar-refractivity contribution in [2.24, 2.45) is 0 Å². The summed E-state index contributed by atoms with van der Waals surface area (Å²) in [5.74, 6) is 1.72. The number of nitrogens with one attached hydrogen (secondary N) is 1. The monoisotopic (exact) mass is 429 g/mol. The van der Waals surface area contributed by atoms with E-state index in [1.807, 2.05) is 48.5 Å². The van der Waals surface area contributed by atoms with Gasteiger partial charge in [-0.15, -0.1) is 10.2 Å². The summed E-state index contributed by atoms with van der Waals surface area (Å²) in [6.45, 7) is 0. The molecule has 2 aromatic carbocycles. The van der Waals surface area contributed by atoms with Crippen LogP contribution in [0, 0.1) is 0 Å². The van der Waals surface area contributed by atoms with E-state index >= 15 is 0 Å². The number of aryl methyl sites for hydroxylation is 3. The van der Waals surface area contributed by atoms with E-state index in [4.69, 9.17) is 8.83 Å². The molecule has 2 aromatic heterocycles. The minimum Gasteiger partial charge on any atom is -0.467 e. The first-order chi connectivity index (χ1) is 15.8. The van der Waals surface area contributed by atoms with Gasteiger partial charge in [0.05, 0.1) is 6.26 Å². The zero-order chi connectivity index (χ0) is 22.0. The van der Waals surface area contributed by atoms with Crippen molar-refractivity contribution >= 4 is 5.91 Å². The van der Waals surface area contributed by atoms with Gasteiger partial charge in [-0.1, -0.05) is 60.7 Å². The molecule has 0 aliphatic heterocycles. The third-order valence-electron chi connectivity index (χ3n) is 5.29. The number of benzene rings is 2. The predicted molar refractivity (Wildman–Crippen MR) is 121 cm³/mol. The molecule has 4 aromatic rings. The van der Waals surface area contributed by atoms with Gasteiger partial charge in [-0.3, -0.25) is 4.79 Å². The molecule has 0 aliphatic rings. The highest BCUT2D eigenvalue weighted by Crippen LogP contribution is 2.22. The fraction of sp³-hybridized carbons (Fsp3) is 0.269. The summed E-state index contributed by atoms with van der Waals surface area (Å²) >= 11 is 0. The first kappa shape index (κ1) is 21.6. The lowest BCUT2D eigenvalue weighted by atomic mass is 10.0. The summed E-state index contributed by atoms with van der Waals surface area (Å²) in [6, 6.07) is 23.5. The largest absolute Gasteiger partial charge is 0.467 e. The Balaban J connectivity index is 1.24. The minimum absolute atomic E-state index is 0.0992. The molecule has 0 bridgehead atoms. The lowest BCUT2D eigenvalue weighted by Gasteiger charge is -2.17. The van der Waals surface area contributed by atoms with E-state index in [1.165, 1.54) is 5.56 Å². The molecule has 1 atom stereocenters. The van der Waals surface area contributed by atoms with E-state index in [1.54, 1.807) is 6.26 Å². The molecule has 0 radical (unpaired) electrons. The third kappa shape index (κ3) is 6.17. The molecule has 1 amide bonds. The van der Waals surface area contributed by atoms with Gasteiger partial charge < -0.3 is 14.2 Å². The van der Waals surface area contributed by atoms with Crippen LogP contribution in [0.5, 0.6) is 0 Å². The van der Waals surface area contributed by atoms with Crippen LogP contribution in [0.25, 0.3) is 0 Å². The van der Waals surface area contributed by atoms with Gasteiger partial charge in [0, 0.05) is 19.3 Å². The van der Waals surface area contributed by atoms with Gasteiger partial charge in [0.1, 0.15) is 11.8 Å². The van der Waals surface area contributed by atoms with Gasteiger partial charge in [0.2, 0.25) is 17.7 Å². The van der Waals surface area contributed by atoms with Crippen molar-refractivity contribution in [1.29, 1.82) is 0 Å². The molecule has 164 valence electrons. The van der Waals surface area contributed by atoms with E-state index in [2.05, 4.69) is 39.8 Å². The average molecular weight is 430 g/mol. The molecule has 0 aliphatic carbocycles. The van der Waals surface area contributed by atoms with Crippen molar-refractivity contribution < 1.29 is 13.6 Å². The van der Waals surface area contributed by atoms with Crippen molar-refractivity contribution in [2.75, 3.05) is 0 Å². The average Bonchev–Trinajstić information content (AvgIpc) is 3.53. The highest BCUT2D eigenvalue weighted by Gasteiger charge is 2.19. The Bertz CT molecular complexity index is 1080. The summed E-state index contributed by atoms with van der Waals surface area (Å²) in [5.41, 5.74) is 2.31. The first-order valence-electron chi connectivity index (χ1n) is 11.0. The van der Waals surface area contributed by atoms with Crippen LogP contribution < -0.4 is 5.32 Å². The topological polar surface area (TPSA) is 81.2 Å². The van der Waals surface area contributed by atoms with E-state index in [0.717, 1.165) is 31.2 Å². The molecule has 0 fully saturated rings. The Hall–Kier alpha value is -3.67. The minimum atomic E-state index is -0.332. The molecule has 0 spiro atoms. The Morgan fingerprint density at radius 2 is 1.50 bits per heavy atom. The van der Waals surface area contributed by atoms with E-state index in [9.17, 15) is 4.79 Å². The number of hydrogen-bond donors (Lipinski definition) is 1. The maximum absolute atomic E-state index is 12.6. The number of unbranched alkanes of at least 4 members (excludes halogenated alkanes) is 1. The zero-order valence-corrected chi connectivity index (χ0v) is 17.9. The lowest BCUT2D eigenvalue weighted by molar-refractivity contribution is -0.121. The fourth-order valence-electron chi connectivity index (χ4n) is 3.61. The molecule has 0 saturated carbocycles. The SMILES string of the molecule is O=C(CCc1nnc(CCCCc2ccccc2)o1)NC(c1ccccc1)c1ccco1. The van der Waals surface area contributed by atoms with Gasteiger partial charge in [-0.25, -0.2) is 0 Å². The van der Waals surface area contributed by atoms with Gasteiger partial charge in [0.15, 0.2) is 0 Å². The number of aromatic nitrogens is 2. The highest BCUT2D eigenvalue weighted by atomic mass is 16.4. The molecule has 6 heteroatoms. The summed E-state index contributed by atoms with van der Waals surface area (Å²) in [7, 11) is 0. The smallest absolute Gasteiger partial charge is 0.221 e. The summed E-state index contributed by atoms with van der Waals surface area (Å²) in [4.78, 5) is 12.6. The van der Waals surface area contributed by atoms with Crippen molar-refractivity contribution in [3.63, 3.8) is 0 Å². The second-order valence-corrected chi connectivity index (χ2v) is 7.71. The molecule has 1 unspecified atom stereocenters. The van der Waals surface area contributed by atoms with Crippen LogP contribution in [0.3, 0.4) is 0 Å². The number of carbonyl (C=O) groups is 1. The van der Waals surface area contributed by atoms with Crippen LogP contribution in [0.1, 0.15) is 54.0 Å². The van der Waals surface area contributed by atoms with Crippen LogP contribution >= 0.6 is 0 Å². The molecule has 4 rings (SSSR count). The number of carbonyl (C=O) groups excluding carboxylic acids is 1. The molecule has 1 N–H and O–H groups in total. The van der Waals surface area contributed by atoms with Gasteiger partial charge in [-0.2, -0.15) is 0 Å². The van der Waals surface area contributed by atoms with Crippen molar-refractivity contribution in [2.45, 2.75) is 44.6 Å². The second-order valence-electron chi connectivity index (χ2n) is 7.71. The van der Waals surface area contributed by atoms with Crippen LogP contribution in [0.15, 0.2) is 87.9 Å². The Morgan fingerprint density at radius 3 is 2.22 bits per heavy atom. The number of hydrogen-bond acceptors (Lipinski definition) is 5. The summed E-state index contributed by atoms with van der Waals surface area (Å²) < 4.78 is 11.3. The maximum Gasteiger partial charge on any atom is 0.221 e. The van der Waals surface area contributed by atoms with E-state index in [0.29, 0.717) is 24.0 Å². The molecule has 0 saturated heterocycles. The molecule has 6 nitrogen and oxygen atoms in total. The Kier molecular flexibility index (Phi) is 7.47. The van der Waals surface area contributed by atoms with Gasteiger partial charge >= 0.3 is 0 Å². The van der Waals surface area contributed by atoms with Crippen LogP contribution in [-0.4, -0.2) is 16.1 Å². The summed E-state index contributed by atoms with van der Waals surface area (Å²) in [5, 5.41) is 11.3. The van der Waals surface area contributed by atoms with E-state index < -0.39 is 0 Å². The number of furan rings is 1. The van der Waals surface area contributed by atoms with Crippen LogP contribution in [0.2, 0.25) is 0 Å². The van der Waals surface area contributed by atoms with Crippen LogP contribution in [-0.2, 0) is 24.1 Å². The molecular weight excluding hydrogens is 402 g/mol. The van der Waals surface area contributed by atoms with Crippen LogP contribution in [0.4, 0.5) is 0 Å². The highest BCUT2D eigenvalue weighted by molar-refractivity contribution is 5.77. The van der Waals surface area contributed by atoms with Crippen molar-refractivity contribution in [3.05, 3.63) is 108 Å². The van der Waals surface area contributed by atoms with Crippen molar-refractivity contribution in [1.82, 2.24) is 15.5 Å². The number of amides is 1. The molecular formula is C26H27N3O3. The van der Waals surface area contributed by atoms with Crippen molar-refractivity contribution in [3.8, 4) is 0 Å². The van der Waals surface area contributed by atoms with Gasteiger partial charge in [0.25, 0.3) is 0 Å². The zero-order valence-electron chi connectivity index (χ0n) is 17.9. The lowest BCUT2D eigenvalue weighted by Crippen LogP contribution is -2.29. The summed E-state index contributed by atoms with van der Waals surface area (Å²) in [6.07, 6.45) is 6.12. The van der Waals surface area contributed by atoms with E-state index in [-0.39, 0.29) is 18.4 Å². The van der Waals surface area contributed by atoms with Gasteiger partial charge in [-0.05, 0) is 42.5 Å². The molecule has 32 heavy (non-hydrogen) atoms. The Morgan fingerprint density at radius 1 is 0.812 bits per heavy atom. The normalized spacial score (nSPS) is 11.9. The predicted octanol–water partition coefficient (Wildman–Crippen LogP) is 5.07. The Labute approximate surface area is 187 Å². The molecule has 2 heterocycles. The number of nitrogens with zero attached hydrogens (tertiary/aromatic N) is 2. The fourth-order valence-corrected chi connectivity index (χ4v) is 3.61. The maximum atomic E-state index is 12.6.